The highest BCUT2D eigenvalue weighted by molar-refractivity contribution is 7.47. The second-order valence-electron chi connectivity index (χ2n) is 32.9. The van der Waals surface area contributed by atoms with E-state index in [0.717, 1.165) is 102 Å². The summed E-state index contributed by atoms with van der Waals surface area (Å²) in [6.07, 6.45) is 73.6. The average molecular weight is 1580 g/mol. The second kappa shape index (κ2) is 80.3. The van der Waals surface area contributed by atoms with Gasteiger partial charge in [0.05, 0.1) is 26.4 Å². The van der Waals surface area contributed by atoms with Crippen molar-refractivity contribution in [2.75, 3.05) is 39.6 Å². The maximum absolute atomic E-state index is 13.2. The van der Waals surface area contributed by atoms with Crippen LogP contribution in [0.25, 0.3) is 0 Å². The van der Waals surface area contributed by atoms with Crippen LogP contribution in [0.15, 0.2) is 0 Å². The topological polar surface area (TPSA) is 237 Å². The number of hydrogen-bond acceptors (Lipinski definition) is 15. The minimum Gasteiger partial charge on any atom is -0.462 e. The van der Waals surface area contributed by atoms with Crippen LogP contribution in [0, 0.1) is 11.8 Å². The molecule has 0 aromatic heterocycles. The van der Waals surface area contributed by atoms with Crippen LogP contribution >= 0.6 is 15.6 Å². The third kappa shape index (κ3) is 82.1. The molecule has 0 amide bonds. The van der Waals surface area contributed by atoms with E-state index >= 15 is 0 Å². The lowest BCUT2D eigenvalue weighted by Gasteiger charge is -2.21. The van der Waals surface area contributed by atoms with Crippen molar-refractivity contribution in [3.05, 3.63) is 0 Å². The zero-order valence-corrected chi connectivity index (χ0v) is 73.0. The summed E-state index contributed by atoms with van der Waals surface area (Å²) in [5.74, 6) is -0.496. The van der Waals surface area contributed by atoms with Gasteiger partial charge in [-0.25, -0.2) is 9.13 Å². The first kappa shape index (κ1) is 106. The number of phosphoric acid groups is 2. The lowest BCUT2D eigenvalue weighted by molar-refractivity contribution is -0.161. The van der Waals surface area contributed by atoms with E-state index in [4.69, 9.17) is 37.0 Å². The average Bonchev–Trinajstić information content (AvgIpc) is 2.12. The number of ether oxygens (including phenoxy) is 4. The molecule has 0 rings (SSSR count). The summed E-state index contributed by atoms with van der Waals surface area (Å²) in [6.45, 7) is 9.73. The van der Waals surface area contributed by atoms with Crippen molar-refractivity contribution in [1.82, 2.24) is 0 Å². The Bertz CT molecular complexity index is 2060. The SMILES string of the molecule is CCCCCCCCCCCCCCCCCCCCCCCCC(=O)O[C@H](COC(=O)CCCCCCCCCCCCCCCCCC(C)C)COP(=O)(O)OC[C@@H](O)COP(=O)(O)OC[C@@H](COC(=O)CCCCCCCCCCCCC)OC(=O)CCCCCCCCCCCCCCCCC(C)C. The Hall–Kier alpha value is -1.94. The summed E-state index contributed by atoms with van der Waals surface area (Å²) in [6, 6.07) is 0. The molecule has 0 heterocycles. The molecule has 3 N–H and O–H groups in total. The highest BCUT2D eigenvalue weighted by atomic mass is 31.2. The van der Waals surface area contributed by atoms with Gasteiger partial charge >= 0.3 is 39.5 Å². The van der Waals surface area contributed by atoms with Crippen LogP contribution in [-0.4, -0.2) is 96.7 Å². The van der Waals surface area contributed by atoms with Crippen LogP contribution in [0.5, 0.6) is 0 Å². The van der Waals surface area contributed by atoms with Crippen LogP contribution in [0.4, 0.5) is 0 Å². The Morgan fingerprint density at radius 3 is 0.630 bits per heavy atom. The van der Waals surface area contributed by atoms with Gasteiger partial charge in [0, 0.05) is 25.7 Å². The molecular weight excluding hydrogens is 1400 g/mol. The van der Waals surface area contributed by atoms with E-state index in [2.05, 4.69) is 41.5 Å². The zero-order chi connectivity index (χ0) is 79.2. The summed E-state index contributed by atoms with van der Waals surface area (Å²) in [4.78, 5) is 73.3. The fourth-order valence-electron chi connectivity index (χ4n) is 14.0. The van der Waals surface area contributed by atoms with Crippen molar-refractivity contribution in [2.24, 2.45) is 11.8 Å². The third-order valence-electron chi connectivity index (χ3n) is 21.0. The van der Waals surface area contributed by atoms with Gasteiger partial charge in [0.2, 0.25) is 0 Å². The number of phosphoric ester groups is 2. The van der Waals surface area contributed by atoms with Gasteiger partial charge in [0.1, 0.15) is 19.3 Å². The fourth-order valence-corrected chi connectivity index (χ4v) is 15.5. The van der Waals surface area contributed by atoms with Crippen molar-refractivity contribution in [1.29, 1.82) is 0 Å². The molecular formula is C89H174O17P2. The summed E-state index contributed by atoms with van der Waals surface area (Å²) >= 11 is 0. The van der Waals surface area contributed by atoms with Gasteiger partial charge in [-0.3, -0.25) is 37.3 Å². The Balaban J connectivity index is 5.23. The standard InChI is InChI=1S/C89H174O17P2/c1-7-9-11-13-15-17-19-20-21-22-23-24-25-26-27-30-37-43-49-55-61-67-73-88(93)106-85(78-100-87(92)72-66-60-54-48-42-36-31-28-29-34-40-45-51-57-63-69-81(3)4)80-104-108(97,98)102-76-83(90)75-101-107(95,96)103-79-84(77-99-86(91)71-65-59-53-47-39-18-16-14-12-10-8-2)105-89(94)74-68-62-56-50-44-38-33-32-35-41-46-52-58-64-70-82(5)6/h81-85,90H,7-80H2,1-6H3,(H,95,96)(H,97,98)/t83-,84+,85+/m0/s1. The first-order chi connectivity index (χ1) is 52.4. The molecule has 0 radical (unpaired) electrons. The first-order valence-corrected chi connectivity index (χ1v) is 49.0. The maximum atomic E-state index is 13.2. The number of esters is 4. The molecule has 108 heavy (non-hydrogen) atoms. The number of hydrogen-bond donors (Lipinski definition) is 3. The normalized spacial score (nSPS) is 13.8. The number of aliphatic hydroxyl groups excluding tert-OH is 1. The molecule has 0 aliphatic carbocycles. The lowest BCUT2D eigenvalue weighted by atomic mass is 10.0. The van der Waals surface area contributed by atoms with Crippen molar-refractivity contribution >= 4 is 39.5 Å². The Morgan fingerprint density at radius 2 is 0.426 bits per heavy atom. The van der Waals surface area contributed by atoms with E-state index < -0.39 is 97.5 Å². The highest BCUT2D eigenvalue weighted by Gasteiger charge is 2.31. The van der Waals surface area contributed by atoms with Gasteiger partial charge < -0.3 is 33.8 Å². The maximum Gasteiger partial charge on any atom is 0.472 e. The number of rotatable bonds is 88. The second-order valence-corrected chi connectivity index (χ2v) is 35.8. The van der Waals surface area contributed by atoms with Crippen LogP contribution in [0.1, 0.15) is 478 Å². The van der Waals surface area contributed by atoms with E-state index in [1.165, 1.54) is 295 Å². The van der Waals surface area contributed by atoms with E-state index in [-0.39, 0.29) is 25.7 Å². The number of carbonyl (C=O) groups is 4. The minimum absolute atomic E-state index is 0.108. The van der Waals surface area contributed by atoms with E-state index in [0.29, 0.717) is 25.7 Å². The first-order valence-electron chi connectivity index (χ1n) is 46.0. The predicted octanol–water partition coefficient (Wildman–Crippen LogP) is 27.4. The molecule has 0 spiro atoms. The molecule has 19 heteroatoms. The third-order valence-corrected chi connectivity index (χ3v) is 22.9. The Labute approximate surface area is 664 Å². The van der Waals surface area contributed by atoms with Crippen LogP contribution in [-0.2, 0) is 65.4 Å². The van der Waals surface area contributed by atoms with Gasteiger partial charge in [0.25, 0.3) is 0 Å². The zero-order valence-electron chi connectivity index (χ0n) is 71.2. The molecule has 0 bridgehead atoms. The fraction of sp³-hybridized carbons (Fsp3) is 0.955. The minimum atomic E-state index is -4.97. The van der Waals surface area contributed by atoms with E-state index in [1.807, 2.05) is 0 Å². The molecule has 5 atom stereocenters. The number of unbranched alkanes of at least 4 members (excludes halogenated alkanes) is 58. The van der Waals surface area contributed by atoms with Crippen LogP contribution < -0.4 is 0 Å². The lowest BCUT2D eigenvalue weighted by Crippen LogP contribution is -2.30. The molecule has 0 aromatic carbocycles. The molecule has 0 saturated heterocycles. The highest BCUT2D eigenvalue weighted by Crippen LogP contribution is 2.45. The molecule has 17 nitrogen and oxygen atoms in total. The molecule has 2 unspecified atom stereocenters. The largest absolute Gasteiger partial charge is 0.472 e. The van der Waals surface area contributed by atoms with Gasteiger partial charge in [-0.1, -0.05) is 427 Å². The summed E-state index contributed by atoms with van der Waals surface area (Å²) in [7, 11) is -9.93. The Morgan fingerprint density at radius 1 is 0.250 bits per heavy atom. The van der Waals surface area contributed by atoms with Crippen molar-refractivity contribution in [2.45, 2.75) is 496 Å². The molecule has 0 fully saturated rings. The molecule has 642 valence electrons. The number of carbonyl (C=O) groups excluding carboxylic acids is 4. The predicted molar refractivity (Wildman–Crippen MR) is 446 cm³/mol. The monoisotopic (exact) mass is 1580 g/mol. The quantitative estimate of drug-likeness (QED) is 0.0222. The number of aliphatic hydroxyl groups is 1. The summed E-state index contributed by atoms with van der Waals surface area (Å²) in [5, 5.41) is 10.7. The van der Waals surface area contributed by atoms with Gasteiger partial charge in [-0.2, -0.15) is 0 Å². The summed E-state index contributed by atoms with van der Waals surface area (Å²) < 4.78 is 69.0. The Kier molecular flexibility index (Phi) is 78.8. The van der Waals surface area contributed by atoms with E-state index in [9.17, 15) is 43.2 Å². The van der Waals surface area contributed by atoms with Gasteiger partial charge in [-0.05, 0) is 37.5 Å². The van der Waals surface area contributed by atoms with E-state index in [1.54, 1.807) is 0 Å². The van der Waals surface area contributed by atoms with Crippen LogP contribution in [0.3, 0.4) is 0 Å². The van der Waals surface area contributed by atoms with Crippen molar-refractivity contribution < 1.29 is 80.2 Å². The smallest absolute Gasteiger partial charge is 0.462 e. The van der Waals surface area contributed by atoms with Crippen LogP contribution in [0.2, 0.25) is 0 Å². The molecule has 0 aromatic rings. The van der Waals surface area contributed by atoms with Crippen molar-refractivity contribution in [3.8, 4) is 0 Å². The van der Waals surface area contributed by atoms with Crippen molar-refractivity contribution in [3.63, 3.8) is 0 Å². The molecule has 0 aliphatic heterocycles. The van der Waals surface area contributed by atoms with Gasteiger partial charge in [0.15, 0.2) is 12.2 Å². The van der Waals surface area contributed by atoms with Gasteiger partial charge in [-0.15, -0.1) is 0 Å². The molecule has 0 aliphatic rings. The molecule has 0 saturated carbocycles. The summed E-state index contributed by atoms with van der Waals surface area (Å²) in [5.41, 5.74) is 0.